The standard InChI is InChI=1S/C11H13NO7S/c1-18-9-4-3-7(11(14)15)5-8(9)12-20(16,17)6-10(13)19-2/h3-5,12H,6H2,1-2H3,(H,14,15). The van der Waals surface area contributed by atoms with Crippen molar-refractivity contribution in [3.8, 4) is 5.75 Å². The lowest BCUT2D eigenvalue weighted by Gasteiger charge is -2.11. The Balaban J connectivity index is 3.09. The molecule has 1 rings (SSSR count). The summed E-state index contributed by atoms with van der Waals surface area (Å²) < 4.78 is 34.7. The van der Waals surface area contributed by atoms with E-state index < -0.39 is 27.7 Å². The second-order valence-corrected chi connectivity index (χ2v) is 5.38. The summed E-state index contributed by atoms with van der Waals surface area (Å²) in [6, 6.07) is 3.66. The molecular weight excluding hydrogens is 290 g/mol. The number of aromatic carboxylic acids is 1. The van der Waals surface area contributed by atoms with Crippen LogP contribution in [0.25, 0.3) is 0 Å². The number of nitrogens with one attached hydrogen (secondary N) is 1. The van der Waals surface area contributed by atoms with E-state index in [0.29, 0.717) is 0 Å². The van der Waals surface area contributed by atoms with Crippen molar-refractivity contribution in [3.05, 3.63) is 23.8 Å². The molecule has 0 aliphatic heterocycles. The number of anilines is 1. The molecule has 20 heavy (non-hydrogen) atoms. The lowest BCUT2D eigenvalue weighted by atomic mass is 10.2. The number of hydrogen-bond donors (Lipinski definition) is 2. The van der Waals surface area contributed by atoms with Crippen molar-refractivity contribution in [3.63, 3.8) is 0 Å². The fourth-order valence-electron chi connectivity index (χ4n) is 1.34. The molecule has 9 heteroatoms. The third-order valence-electron chi connectivity index (χ3n) is 2.25. The predicted molar refractivity (Wildman–Crippen MR) is 69.4 cm³/mol. The van der Waals surface area contributed by atoms with E-state index >= 15 is 0 Å². The van der Waals surface area contributed by atoms with Crippen LogP contribution in [-0.2, 0) is 19.6 Å². The smallest absolute Gasteiger partial charge is 0.335 e. The van der Waals surface area contributed by atoms with E-state index in [4.69, 9.17) is 9.84 Å². The Morgan fingerprint density at radius 2 is 1.95 bits per heavy atom. The number of carboxylic acid groups (broad SMARTS) is 1. The third kappa shape index (κ3) is 4.12. The van der Waals surface area contributed by atoms with Gasteiger partial charge in [0, 0.05) is 0 Å². The van der Waals surface area contributed by atoms with Crippen molar-refractivity contribution in [2.45, 2.75) is 0 Å². The number of sulfonamides is 1. The van der Waals surface area contributed by atoms with Crippen LogP contribution in [0.5, 0.6) is 5.75 Å². The molecule has 0 saturated heterocycles. The zero-order chi connectivity index (χ0) is 15.3. The molecule has 8 nitrogen and oxygen atoms in total. The van der Waals surface area contributed by atoms with Crippen LogP contribution in [-0.4, -0.2) is 45.4 Å². The number of carboxylic acids is 1. The Morgan fingerprint density at radius 1 is 1.30 bits per heavy atom. The molecule has 0 radical (unpaired) electrons. The highest BCUT2D eigenvalue weighted by atomic mass is 32.2. The number of rotatable bonds is 6. The molecule has 0 spiro atoms. The Hall–Kier alpha value is -2.29. The highest BCUT2D eigenvalue weighted by molar-refractivity contribution is 7.93. The molecule has 2 N–H and O–H groups in total. The molecule has 0 aromatic heterocycles. The van der Waals surface area contributed by atoms with E-state index in [2.05, 4.69) is 9.46 Å². The highest BCUT2D eigenvalue weighted by Crippen LogP contribution is 2.26. The summed E-state index contributed by atoms with van der Waals surface area (Å²) in [5, 5.41) is 8.86. The maximum Gasteiger partial charge on any atom is 0.335 e. The fourth-order valence-corrected chi connectivity index (χ4v) is 2.33. The molecular formula is C11H13NO7S. The van der Waals surface area contributed by atoms with E-state index in [1.54, 1.807) is 0 Å². The number of hydrogen-bond acceptors (Lipinski definition) is 6. The minimum atomic E-state index is -4.02. The van der Waals surface area contributed by atoms with Gasteiger partial charge in [-0.1, -0.05) is 0 Å². The van der Waals surface area contributed by atoms with Gasteiger partial charge in [-0.05, 0) is 18.2 Å². The maximum absolute atomic E-state index is 11.7. The Bertz CT molecular complexity index is 624. The molecule has 0 unspecified atom stereocenters. The largest absolute Gasteiger partial charge is 0.495 e. The normalized spacial score (nSPS) is 10.7. The molecule has 0 atom stereocenters. The maximum atomic E-state index is 11.7. The van der Waals surface area contributed by atoms with Crippen molar-refractivity contribution < 1.29 is 32.6 Å². The molecule has 110 valence electrons. The monoisotopic (exact) mass is 303 g/mol. The van der Waals surface area contributed by atoms with Crippen molar-refractivity contribution in [1.29, 1.82) is 0 Å². The van der Waals surface area contributed by atoms with Gasteiger partial charge in [0.2, 0.25) is 10.0 Å². The first-order valence-corrected chi connectivity index (χ1v) is 6.93. The van der Waals surface area contributed by atoms with Crippen molar-refractivity contribution in [1.82, 2.24) is 0 Å². The third-order valence-corrected chi connectivity index (χ3v) is 3.39. The summed E-state index contributed by atoms with van der Waals surface area (Å²) in [7, 11) is -1.66. The lowest BCUT2D eigenvalue weighted by molar-refractivity contribution is -0.137. The van der Waals surface area contributed by atoms with Gasteiger partial charge in [-0.2, -0.15) is 0 Å². The van der Waals surface area contributed by atoms with Crippen molar-refractivity contribution >= 4 is 27.6 Å². The summed E-state index contributed by atoms with van der Waals surface area (Å²) in [6.45, 7) is 0. The summed E-state index contributed by atoms with van der Waals surface area (Å²) in [5.41, 5.74) is -0.196. The van der Waals surface area contributed by atoms with Gasteiger partial charge >= 0.3 is 11.9 Å². The van der Waals surface area contributed by atoms with Crippen LogP contribution in [0.4, 0.5) is 5.69 Å². The van der Waals surface area contributed by atoms with Crippen molar-refractivity contribution in [2.75, 3.05) is 24.7 Å². The van der Waals surface area contributed by atoms with Crippen LogP contribution in [0, 0.1) is 0 Å². The number of benzene rings is 1. The summed E-state index contributed by atoms with van der Waals surface area (Å²) >= 11 is 0. The Morgan fingerprint density at radius 3 is 2.45 bits per heavy atom. The number of esters is 1. The van der Waals surface area contributed by atoms with Gasteiger partial charge in [0.05, 0.1) is 25.5 Å². The molecule has 0 saturated carbocycles. The molecule has 0 fully saturated rings. The SMILES string of the molecule is COC(=O)CS(=O)(=O)Nc1cc(C(=O)O)ccc1OC. The molecule has 0 bridgehead atoms. The fraction of sp³-hybridized carbons (Fsp3) is 0.273. The average Bonchev–Trinajstić information content (AvgIpc) is 2.37. The van der Waals surface area contributed by atoms with Gasteiger partial charge in [-0.15, -0.1) is 0 Å². The number of ether oxygens (including phenoxy) is 2. The minimum absolute atomic E-state index is 0.0729. The van der Waals surface area contributed by atoms with Crippen LogP contribution >= 0.6 is 0 Å². The zero-order valence-corrected chi connectivity index (χ0v) is 11.6. The van der Waals surface area contributed by atoms with E-state index in [9.17, 15) is 18.0 Å². The molecule has 0 heterocycles. The number of carbonyl (C=O) groups is 2. The van der Waals surface area contributed by atoms with Crippen LogP contribution in [0.15, 0.2) is 18.2 Å². The van der Waals surface area contributed by atoms with E-state index in [0.717, 1.165) is 13.2 Å². The molecule has 0 aliphatic carbocycles. The predicted octanol–water partition coefficient (Wildman–Crippen LogP) is 0.308. The average molecular weight is 303 g/mol. The van der Waals surface area contributed by atoms with E-state index in [-0.39, 0.29) is 17.0 Å². The quantitative estimate of drug-likeness (QED) is 0.726. The molecule has 1 aromatic rings. The summed E-state index contributed by atoms with van der Waals surface area (Å²) in [6.07, 6.45) is 0. The molecule has 1 aromatic carbocycles. The highest BCUT2D eigenvalue weighted by Gasteiger charge is 2.19. The van der Waals surface area contributed by atoms with Gasteiger partial charge < -0.3 is 14.6 Å². The second-order valence-electron chi connectivity index (χ2n) is 3.66. The first-order valence-electron chi connectivity index (χ1n) is 5.27. The first kappa shape index (κ1) is 15.8. The lowest BCUT2D eigenvalue weighted by Crippen LogP contribution is -2.24. The topological polar surface area (TPSA) is 119 Å². The number of methoxy groups -OCH3 is 2. The minimum Gasteiger partial charge on any atom is -0.495 e. The zero-order valence-electron chi connectivity index (χ0n) is 10.7. The number of carbonyl (C=O) groups excluding carboxylic acids is 1. The van der Waals surface area contributed by atoms with Crippen molar-refractivity contribution in [2.24, 2.45) is 0 Å². The summed E-state index contributed by atoms with van der Waals surface area (Å²) in [4.78, 5) is 21.8. The first-order chi connectivity index (χ1) is 9.29. The molecule has 0 amide bonds. The van der Waals surface area contributed by atoms with Gasteiger partial charge in [0.15, 0.2) is 5.75 Å². The Labute approximate surface area is 115 Å². The van der Waals surface area contributed by atoms with E-state index in [1.165, 1.54) is 19.2 Å². The summed E-state index contributed by atoms with van der Waals surface area (Å²) in [5.74, 6) is -2.92. The second kappa shape index (κ2) is 6.24. The molecule has 0 aliphatic rings. The van der Waals surface area contributed by atoms with Gasteiger partial charge in [-0.25, -0.2) is 13.2 Å². The van der Waals surface area contributed by atoms with Crippen LogP contribution in [0.1, 0.15) is 10.4 Å². The van der Waals surface area contributed by atoms with E-state index in [1.807, 2.05) is 0 Å². The van der Waals surface area contributed by atoms with Gasteiger partial charge in [-0.3, -0.25) is 9.52 Å². The van der Waals surface area contributed by atoms with Crippen LogP contribution in [0.3, 0.4) is 0 Å². The van der Waals surface area contributed by atoms with Crippen LogP contribution in [0.2, 0.25) is 0 Å². The Kier molecular flexibility index (Phi) is 4.92. The van der Waals surface area contributed by atoms with Gasteiger partial charge in [0.1, 0.15) is 5.75 Å². The van der Waals surface area contributed by atoms with Gasteiger partial charge in [0.25, 0.3) is 0 Å². The van der Waals surface area contributed by atoms with Crippen LogP contribution < -0.4 is 9.46 Å².